The summed E-state index contributed by atoms with van der Waals surface area (Å²) >= 11 is 0. The van der Waals surface area contributed by atoms with Crippen LogP contribution in [0.3, 0.4) is 0 Å². The second-order valence-corrected chi connectivity index (χ2v) is 5.76. The van der Waals surface area contributed by atoms with Gasteiger partial charge in [-0.05, 0) is 49.3 Å². The Kier molecular flexibility index (Phi) is 4.30. The number of benzene rings is 1. The summed E-state index contributed by atoms with van der Waals surface area (Å²) in [6, 6.07) is 2.61. The Morgan fingerprint density at radius 2 is 1.80 bits per heavy atom. The molecule has 0 amide bonds. The zero-order valence-electron chi connectivity index (χ0n) is 11.6. The summed E-state index contributed by atoms with van der Waals surface area (Å²) in [4.78, 5) is 0. The smallest absolute Gasteiger partial charge is 0.493 e. The van der Waals surface area contributed by atoms with Crippen LogP contribution in [0.2, 0.25) is 0 Å². The van der Waals surface area contributed by atoms with E-state index >= 15 is 0 Å². The van der Waals surface area contributed by atoms with Gasteiger partial charge in [-0.15, -0.1) is 0 Å². The largest absolute Gasteiger partial charge is 0.513 e. The average Bonchev–Trinajstić information content (AvgIpc) is 2.35. The first kappa shape index (κ1) is 15.2. The minimum atomic E-state index is -5.27. The molecule has 1 aromatic rings. The van der Waals surface area contributed by atoms with E-state index in [0.717, 1.165) is 31.4 Å². The molecule has 1 fully saturated rings. The van der Waals surface area contributed by atoms with Gasteiger partial charge in [0.2, 0.25) is 0 Å². The molecule has 0 heterocycles. The summed E-state index contributed by atoms with van der Waals surface area (Å²) in [7, 11) is 0. The van der Waals surface area contributed by atoms with Crippen molar-refractivity contribution in [3.63, 3.8) is 0 Å². The fourth-order valence-electron chi connectivity index (χ4n) is 2.67. The van der Waals surface area contributed by atoms with E-state index in [1.165, 1.54) is 0 Å². The number of hydrogen-bond donors (Lipinski definition) is 0. The van der Waals surface area contributed by atoms with Crippen molar-refractivity contribution in [1.82, 2.24) is 0 Å². The van der Waals surface area contributed by atoms with Crippen LogP contribution in [0.15, 0.2) is 18.2 Å². The van der Waals surface area contributed by atoms with Gasteiger partial charge in [-0.25, -0.2) is 4.39 Å². The highest BCUT2D eigenvalue weighted by Gasteiger charge is 2.32. The molecule has 6 heteroatoms. The molecule has 1 nitrogen and oxygen atoms in total. The highest BCUT2D eigenvalue weighted by molar-refractivity contribution is 6.74. The molecule has 1 aliphatic carbocycles. The Hall–Kier alpha value is -1.20. The predicted octanol–water partition coefficient (Wildman–Crippen LogP) is 4.08. The van der Waals surface area contributed by atoms with Crippen LogP contribution in [0.5, 0.6) is 5.75 Å². The van der Waals surface area contributed by atoms with Gasteiger partial charge in [0.25, 0.3) is 0 Å². The highest BCUT2D eigenvalue weighted by atomic mass is 19.4. The van der Waals surface area contributed by atoms with Crippen molar-refractivity contribution >= 4 is 12.4 Å². The lowest BCUT2D eigenvalue weighted by Gasteiger charge is -2.33. The Balaban J connectivity index is 2.17. The van der Waals surface area contributed by atoms with Crippen molar-refractivity contribution in [2.45, 2.75) is 39.2 Å². The summed E-state index contributed by atoms with van der Waals surface area (Å²) < 4.78 is 57.4. The van der Waals surface area contributed by atoms with Gasteiger partial charge in [-0.1, -0.05) is 19.3 Å². The molecule has 1 saturated carbocycles. The van der Waals surface area contributed by atoms with Crippen molar-refractivity contribution < 1.29 is 22.1 Å². The maximum absolute atomic E-state index is 13.0. The molecule has 0 radical (unpaired) electrons. The molecule has 20 heavy (non-hydrogen) atoms. The van der Waals surface area contributed by atoms with Crippen molar-refractivity contribution in [3.05, 3.63) is 24.0 Å². The first-order chi connectivity index (χ1) is 9.27. The molecule has 2 rings (SSSR count). The molecule has 0 aromatic heterocycles. The SMILES string of the molecule is CC1CCC(Oc2ccc(F)cc2[B-](F)(F)F)CC1C. The maximum atomic E-state index is 13.0. The third-order valence-electron chi connectivity index (χ3n) is 4.17. The lowest BCUT2D eigenvalue weighted by Crippen LogP contribution is -2.38. The van der Waals surface area contributed by atoms with Crippen LogP contribution in [-0.4, -0.2) is 13.1 Å². The molecule has 0 saturated heterocycles. The van der Waals surface area contributed by atoms with Crippen LogP contribution in [0.4, 0.5) is 17.3 Å². The van der Waals surface area contributed by atoms with Crippen LogP contribution in [0.1, 0.15) is 33.1 Å². The van der Waals surface area contributed by atoms with E-state index in [1.54, 1.807) is 0 Å². The summed E-state index contributed by atoms with van der Waals surface area (Å²) in [6.45, 7) is -1.05. The molecular formula is C14H18BF4O-. The third-order valence-corrected chi connectivity index (χ3v) is 4.17. The molecule has 0 bridgehead atoms. The fourth-order valence-corrected chi connectivity index (χ4v) is 2.67. The standard InChI is InChI=1S/C14H18BF4O/c1-9-3-5-12(7-10(9)2)20-14-6-4-11(16)8-13(14)15(17,18)19/h4,6,8-10,12H,3,5,7H2,1-2H3/q-1. The zero-order valence-corrected chi connectivity index (χ0v) is 11.6. The van der Waals surface area contributed by atoms with E-state index in [-0.39, 0.29) is 11.9 Å². The maximum Gasteiger partial charge on any atom is 0.513 e. The van der Waals surface area contributed by atoms with E-state index in [1.807, 2.05) is 0 Å². The molecule has 0 N–H and O–H groups in total. The van der Waals surface area contributed by atoms with Crippen molar-refractivity contribution in [3.8, 4) is 5.75 Å². The average molecular weight is 289 g/mol. The van der Waals surface area contributed by atoms with Gasteiger partial charge in [0.15, 0.2) is 0 Å². The van der Waals surface area contributed by atoms with Crippen LogP contribution >= 0.6 is 0 Å². The Labute approximate surface area is 116 Å². The van der Waals surface area contributed by atoms with E-state index in [0.29, 0.717) is 17.9 Å². The normalized spacial score (nSPS) is 27.4. The van der Waals surface area contributed by atoms with Crippen LogP contribution < -0.4 is 10.2 Å². The number of ether oxygens (including phenoxy) is 1. The molecule has 0 aliphatic heterocycles. The van der Waals surface area contributed by atoms with Gasteiger partial charge in [0.05, 0.1) is 11.9 Å². The Bertz CT molecular complexity index is 475. The van der Waals surface area contributed by atoms with Gasteiger partial charge in [0, 0.05) is 0 Å². The molecule has 3 unspecified atom stereocenters. The quantitative estimate of drug-likeness (QED) is 0.601. The molecule has 3 atom stereocenters. The predicted molar refractivity (Wildman–Crippen MR) is 71.7 cm³/mol. The lowest BCUT2D eigenvalue weighted by molar-refractivity contribution is 0.101. The summed E-state index contributed by atoms with van der Waals surface area (Å²) in [5, 5.41) is 0. The molecule has 1 aliphatic rings. The first-order valence-electron chi connectivity index (χ1n) is 6.93. The van der Waals surface area contributed by atoms with Gasteiger partial charge in [-0.3, -0.25) is 0 Å². The third kappa shape index (κ3) is 3.47. The van der Waals surface area contributed by atoms with Crippen LogP contribution in [0, 0.1) is 17.7 Å². The van der Waals surface area contributed by atoms with Gasteiger partial charge < -0.3 is 17.7 Å². The van der Waals surface area contributed by atoms with Gasteiger partial charge >= 0.3 is 6.98 Å². The zero-order chi connectivity index (χ0) is 14.9. The lowest BCUT2D eigenvalue weighted by atomic mass is 9.78. The Morgan fingerprint density at radius 1 is 1.10 bits per heavy atom. The van der Waals surface area contributed by atoms with Crippen molar-refractivity contribution in [1.29, 1.82) is 0 Å². The van der Waals surface area contributed by atoms with E-state index in [4.69, 9.17) is 4.74 Å². The Morgan fingerprint density at radius 3 is 2.40 bits per heavy atom. The molecular weight excluding hydrogens is 271 g/mol. The van der Waals surface area contributed by atoms with E-state index in [2.05, 4.69) is 13.8 Å². The number of rotatable bonds is 3. The highest BCUT2D eigenvalue weighted by Crippen LogP contribution is 2.32. The van der Waals surface area contributed by atoms with Crippen LogP contribution in [0.25, 0.3) is 0 Å². The first-order valence-corrected chi connectivity index (χ1v) is 6.93. The van der Waals surface area contributed by atoms with E-state index in [9.17, 15) is 17.3 Å². The molecule has 1 aromatic carbocycles. The second-order valence-electron chi connectivity index (χ2n) is 5.76. The monoisotopic (exact) mass is 289 g/mol. The molecule has 112 valence electrons. The van der Waals surface area contributed by atoms with Gasteiger partial charge in [-0.2, -0.15) is 0 Å². The number of hydrogen-bond acceptors (Lipinski definition) is 1. The van der Waals surface area contributed by atoms with Crippen molar-refractivity contribution in [2.75, 3.05) is 0 Å². The fraction of sp³-hybridized carbons (Fsp3) is 0.571. The van der Waals surface area contributed by atoms with Crippen molar-refractivity contribution in [2.24, 2.45) is 11.8 Å². The number of halogens is 4. The summed E-state index contributed by atoms with van der Waals surface area (Å²) in [6.07, 6.45) is 2.21. The second kappa shape index (κ2) is 5.66. The topological polar surface area (TPSA) is 9.23 Å². The van der Waals surface area contributed by atoms with Crippen LogP contribution in [-0.2, 0) is 0 Å². The summed E-state index contributed by atoms with van der Waals surface area (Å²) in [5.41, 5.74) is -0.976. The summed E-state index contributed by atoms with van der Waals surface area (Å²) in [5.74, 6) is -0.147. The van der Waals surface area contributed by atoms with Gasteiger partial charge in [0.1, 0.15) is 5.82 Å². The minimum absolute atomic E-state index is 0.219. The minimum Gasteiger partial charge on any atom is -0.493 e. The molecule has 0 spiro atoms. The van der Waals surface area contributed by atoms with E-state index < -0.39 is 18.3 Å².